The number of amides is 2. The van der Waals surface area contributed by atoms with E-state index >= 15 is 0 Å². The minimum Gasteiger partial charge on any atom is -0.359 e. The molecule has 2 amide bonds. The van der Waals surface area contributed by atoms with Gasteiger partial charge in [-0.05, 0) is 36.5 Å². The molecule has 4 N–H and O–H groups in total. The lowest BCUT2D eigenvalue weighted by molar-refractivity contribution is -0.140. The van der Waals surface area contributed by atoms with Crippen molar-refractivity contribution in [2.24, 2.45) is 17.8 Å². The molecule has 0 unspecified atom stereocenters. The molecule has 31 heavy (non-hydrogen) atoms. The molecule has 1 aromatic heterocycles. The summed E-state index contributed by atoms with van der Waals surface area (Å²) in [5, 5.41) is 12.0. The molecule has 0 aliphatic heterocycles. The van der Waals surface area contributed by atoms with Gasteiger partial charge in [0.1, 0.15) is 0 Å². The van der Waals surface area contributed by atoms with Gasteiger partial charge in [-0.1, -0.05) is 50.3 Å². The highest BCUT2D eigenvalue weighted by molar-refractivity contribution is 6.01. The van der Waals surface area contributed by atoms with Crippen LogP contribution in [0.25, 0.3) is 0 Å². The van der Waals surface area contributed by atoms with Crippen LogP contribution in [0.1, 0.15) is 42.7 Å². The summed E-state index contributed by atoms with van der Waals surface area (Å²) in [5.74, 6) is -2.66. The fourth-order valence-corrected chi connectivity index (χ4v) is 3.69. The molecule has 2 aromatic rings. The maximum atomic E-state index is 13.3. The second-order valence-corrected chi connectivity index (χ2v) is 8.04. The summed E-state index contributed by atoms with van der Waals surface area (Å²) < 4.78 is 0. The van der Waals surface area contributed by atoms with Crippen LogP contribution in [0.15, 0.2) is 61.3 Å². The lowest BCUT2D eigenvalue weighted by atomic mass is 9.81. The van der Waals surface area contributed by atoms with E-state index in [-0.39, 0.29) is 18.1 Å². The molecule has 1 heterocycles. The van der Waals surface area contributed by atoms with Gasteiger partial charge in [-0.3, -0.25) is 19.6 Å². The third-order valence-electron chi connectivity index (χ3n) is 5.19. The van der Waals surface area contributed by atoms with Gasteiger partial charge in [-0.2, -0.15) is 0 Å². The largest absolute Gasteiger partial charge is 0.359 e. The Labute approximate surface area is 182 Å². The minimum atomic E-state index is -0.801. The number of carbonyl (C=O) groups excluding carboxylic acids is 3. The molecule has 7 nitrogen and oxygen atoms in total. The second-order valence-electron chi connectivity index (χ2n) is 8.04. The number of hydrogen-bond donors (Lipinski definition) is 4. The summed E-state index contributed by atoms with van der Waals surface area (Å²) >= 11 is 0. The summed E-state index contributed by atoms with van der Waals surface area (Å²) in [5.41, 5.74) is 2.96. The van der Waals surface area contributed by atoms with Crippen LogP contribution >= 0.6 is 0 Å². The maximum absolute atomic E-state index is 13.3. The third kappa shape index (κ3) is 6.93. The smallest absolute Gasteiger partial charge is 0.247 e. The Morgan fingerprint density at radius 3 is 2.32 bits per heavy atom. The van der Waals surface area contributed by atoms with E-state index in [1.807, 2.05) is 44.2 Å². The van der Waals surface area contributed by atoms with Gasteiger partial charge in [-0.15, -0.1) is 6.58 Å². The molecule has 0 fully saturated rings. The van der Waals surface area contributed by atoms with Crippen LogP contribution in [0.5, 0.6) is 0 Å². The van der Waals surface area contributed by atoms with Crippen molar-refractivity contribution in [2.75, 3.05) is 0 Å². The van der Waals surface area contributed by atoms with E-state index in [0.29, 0.717) is 18.5 Å². The number of carbonyl (C=O) groups is 3. The molecular weight excluding hydrogens is 394 g/mol. The average Bonchev–Trinajstić information content (AvgIpc) is 3.30. The predicted molar refractivity (Wildman–Crippen MR) is 118 cm³/mol. The monoisotopic (exact) mass is 425 g/mol. The maximum Gasteiger partial charge on any atom is 0.247 e. The quantitative estimate of drug-likeness (QED) is 0.181. The van der Waals surface area contributed by atoms with Gasteiger partial charge >= 0.3 is 0 Å². The SMILES string of the molecule is C=CC[C@H](C(=O)NO)[C@@H](CC(C)C)C(=O)N[C@@H](Cc1ccccc1)C(=O)c1ccc[nH]1. The number of Topliss-reactive ketones (excluding diaryl/α,β-unsaturated/α-hetero) is 1. The lowest BCUT2D eigenvalue weighted by Crippen LogP contribution is -2.48. The van der Waals surface area contributed by atoms with Crippen molar-refractivity contribution in [1.29, 1.82) is 0 Å². The molecule has 0 bridgehead atoms. The number of hydroxylamine groups is 1. The van der Waals surface area contributed by atoms with Crippen molar-refractivity contribution in [2.45, 2.75) is 39.2 Å². The first-order chi connectivity index (χ1) is 14.9. The Hall–Kier alpha value is -3.19. The first-order valence-electron chi connectivity index (χ1n) is 10.4. The average molecular weight is 426 g/mol. The van der Waals surface area contributed by atoms with E-state index in [1.165, 1.54) is 0 Å². The van der Waals surface area contributed by atoms with Gasteiger partial charge in [0.15, 0.2) is 0 Å². The zero-order valence-electron chi connectivity index (χ0n) is 18.0. The van der Waals surface area contributed by atoms with Crippen LogP contribution in [0.2, 0.25) is 0 Å². The molecule has 0 spiro atoms. The van der Waals surface area contributed by atoms with Gasteiger partial charge in [-0.25, -0.2) is 5.48 Å². The fourth-order valence-electron chi connectivity index (χ4n) is 3.69. The van der Waals surface area contributed by atoms with E-state index in [4.69, 9.17) is 5.21 Å². The first-order valence-corrected chi connectivity index (χ1v) is 10.4. The Morgan fingerprint density at radius 1 is 1.06 bits per heavy atom. The topological polar surface area (TPSA) is 111 Å². The zero-order valence-corrected chi connectivity index (χ0v) is 18.0. The zero-order chi connectivity index (χ0) is 22.8. The Balaban J connectivity index is 2.31. The Morgan fingerprint density at radius 2 is 1.77 bits per heavy atom. The van der Waals surface area contributed by atoms with E-state index in [1.54, 1.807) is 29.9 Å². The predicted octanol–water partition coefficient (Wildman–Crippen LogP) is 3.28. The highest BCUT2D eigenvalue weighted by atomic mass is 16.5. The summed E-state index contributed by atoms with van der Waals surface area (Å²) in [6, 6.07) is 12.0. The standard InChI is InChI=1S/C24H31N3O4/c1-4-9-18(24(30)27-31)19(14-16(2)3)23(29)26-21(15-17-10-6-5-7-11-17)22(28)20-12-8-13-25-20/h4-8,10-13,16,18-19,21,25,31H,1,9,14-15H2,2-3H3,(H,26,29)(H,27,30)/t18-,19+,21-/m0/s1. The lowest BCUT2D eigenvalue weighted by Gasteiger charge is -2.27. The highest BCUT2D eigenvalue weighted by Crippen LogP contribution is 2.25. The summed E-state index contributed by atoms with van der Waals surface area (Å²) in [4.78, 5) is 41.6. The molecule has 166 valence electrons. The van der Waals surface area contributed by atoms with Gasteiger partial charge < -0.3 is 10.3 Å². The van der Waals surface area contributed by atoms with Gasteiger partial charge in [0, 0.05) is 12.6 Å². The molecular formula is C24H31N3O4. The molecule has 0 aliphatic rings. The molecule has 0 saturated heterocycles. The number of ketones is 1. The van der Waals surface area contributed by atoms with Crippen molar-refractivity contribution in [3.05, 3.63) is 72.6 Å². The first kappa shape index (κ1) is 24.1. The second kappa shape index (κ2) is 11.9. The van der Waals surface area contributed by atoms with Crippen LogP contribution < -0.4 is 10.8 Å². The van der Waals surface area contributed by atoms with Crippen molar-refractivity contribution in [3.8, 4) is 0 Å². The number of aromatic amines is 1. The van der Waals surface area contributed by atoms with Crippen LogP contribution in [-0.2, 0) is 16.0 Å². The van der Waals surface area contributed by atoms with E-state index in [9.17, 15) is 14.4 Å². The Kier molecular flexibility index (Phi) is 9.21. The molecule has 3 atom stereocenters. The highest BCUT2D eigenvalue weighted by Gasteiger charge is 2.35. The van der Waals surface area contributed by atoms with E-state index in [2.05, 4.69) is 16.9 Å². The molecule has 2 rings (SSSR count). The van der Waals surface area contributed by atoms with Crippen LogP contribution in [0.4, 0.5) is 0 Å². The normalized spacial score (nSPS) is 13.8. The van der Waals surface area contributed by atoms with Gasteiger partial charge in [0.25, 0.3) is 0 Å². The van der Waals surface area contributed by atoms with Gasteiger partial charge in [0.05, 0.1) is 23.6 Å². The fraction of sp³-hybridized carbons (Fsp3) is 0.375. The van der Waals surface area contributed by atoms with Crippen molar-refractivity contribution in [1.82, 2.24) is 15.8 Å². The number of nitrogens with one attached hydrogen (secondary N) is 3. The van der Waals surface area contributed by atoms with Crippen molar-refractivity contribution in [3.63, 3.8) is 0 Å². The van der Waals surface area contributed by atoms with Gasteiger partial charge in [0.2, 0.25) is 17.6 Å². The third-order valence-corrected chi connectivity index (χ3v) is 5.19. The molecule has 0 aliphatic carbocycles. The number of hydrogen-bond acceptors (Lipinski definition) is 4. The molecule has 0 radical (unpaired) electrons. The Bertz CT molecular complexity index is 862. The van der Waals surface area contributed by atoms with Crippen molar-refractivity contribution >= 4 is 17.6 Å². The van der Waals surface area contributed by atoms with Crippen molar-refractivity contribution < 1.29 is 19.6 Å². The van der Waals surface area contributed by atoms with E-state index in [0.717, 1.165) is 5.56 Å². The minimum absolute atomic E-state index is 0.126. The van der Waals surface area contributed by atoms with Crippen LogP contribution in [0.3, 0.4) is 0 Å². The number of aromatic nitrogens is 1. The number of benzene rings is 1. The van der Waals surface area contributed by atoms with Crippen LogP contribution in [-0.4, -0.2) is 33.8 Å². The van der Waals surface area contributed by atoms with E-state index < -0.39 is 29.7 Å². The molecule has 7 heteroatoms. The summed E-state index contributed by atoms with van der Waals surface area (Å²) in [7, 11) is 0. The summed E-state index contributed by atoms with van der Waals surface area (Å²) in [6.45, 7) is 7.57. The number of rotatable bonds is 12. The summed E-state index contributed by atoms with van der Waals surface area (Å²) in [6.07, 6.45) is 4.17. The number of H-pyrrole nitrogens is 1. The molecule has 0 saturated carbocycles. The molecule has 1 aromatic carbocycles. The number of allylic oxidation sites excluding steroid dienone is 1. The van der Waals surface area contributed by atoms with Crippen LogP contribution in [0, 0.1) is 17.8 Å².